The van der Waals surface area contributed by atoms with Gasteiger partial charge in [0, 0.05) is 12.2 Å². The summed E-state index contributed by atoms with van der Waals surface area (Å²) in [7, 11) is 0. The predicted octanol–water partition coefficient (Wildman–Crippen LogP) is 3.38. The van der Waals surface area contributed by atoms with Gasteiger partial charge < -0.3 is 9.47 Å². The van der Waals surface area contributed by atoms with Crippen LogP contribution in [0, 0.1) is 6.92 Å². The first kappa shape index (κ1) is 12.9. The Hall–Kier alpha value is -0.510. The second-order valence-electron chi connectivity index (χ2n) is 4.29. The van der Waals surface area contributed by atoms with Crippen LogP contribution in [-0.2, 0) is 15.2 Å². The third-order valence-electron chi connectivity index (χ3n) is 2.91. The minimum atomic E-state index is 0.0353. The van der Waals surface area contributed by atoms with E-state index in [1.54, 1.807) is 0 Å². The minimum absolute atomic E-state index is 0.0353. The molecule has 1 aromatic carbocycles. The lowest BCUT2D eigenvalue weighted by Gasteiger charge is -2.22. The minimum Gasteiger partial charge on any atom is -0.353 e. The summed E-state index contributed by atoms with van der Waals surface area (Å²) in [6, 6.07) is 8.57. The molecule has 0 atom stereocenters. The number of benzene rings is 1. The molecule has 0 saturated carbocycles. The molecule has 2 nitrogen and oxygen atoms in total. The molecule has 94 valence electrons. The van der Waals surface area contributed by atoms with E-state index < -0.39 is 0 Å². The first-order chi connectivity index (χ1) is 8.36. The Morgan fingerprint density at radius 3 is 2.76 bits per heavy atom. The van der Waals surface area contributed by atoms with Gasteiger partial charge in [0.1, 0.15) is 0 Å². The van der Waals surface area contributed by atoms with Crippen molar-refractivity contribution in [3.63, 3.8) is 0 Å². The summed E-state index contributed by atoms with van der Waals surface area (Å²) in [4.78, 5) is 0. The van der Waals surface area contributed by atoms with E-state index >= 15 is 0 Å². The SMILES string of the molecule is Cc1ccccc1CSCCC1OCCCO1. The summed E-state index contributed by atoms with van der Waals surface area (Å²) in [6.45, 7) is 3.88. The quantitative estimate of drug-likeness (QED) is 0.748. The van der Waals surface area contributed by atoms with Crippen molar-refractivity contribution in [1.29, 1.82) is 0 Å². The molecule has 17 heavy (non-hydrogen) atoms. The largest absolute Gasteiger partial charge is 0.353 e. The van der Waals surface area contributed by atoms with Gasteiger partial charge in [-0.2, -0.15) is 11.8 Å². The summed E-state index contributed by atoms with van der Waals surface area (Å²) in [5.74, 6) is 2.18. The molecule has 0 aliphatic carbocycles. The molecule has 0 bridgehead atoms. The first-order valence-electron chi connectivity index (χ1n) is 6.22. The average molecular weight is 252 g/mol. The van der Waals surface area contributed by atoms with E-state index in [0.717, 1.165) is 37.6 Å². The van der Waals surface area contributed by atoms with Gasteiger partial charge >= 0.3 is 0 Å². The zero-order valence-electron chi connectivity index (χ0n) is 10.4. The lowest BCUT2D eigenvalue weighted by molar-refractivity contribution is -0.178. The predicted molar refractivity (Wildman–Crippen MR) is 72.3 cm³/mol. The zero-order valence-corrected chi connectivity index (χ0v) is 11.2. The van der Waals surface area contributed by atoms with Crippen LogP contribution in [0.4, 0.5) is 0 Å². The Labute approximate surface area is 108 Å². The fraction of sp³-hybridized carbons (Fsp3) is 0.571. The Kier molecular flexibility index (Phi) is 5.36. The third kappa shape index (κ3) is 4.34. The molecular formula is C14H20O2S. The van der Waals surface area contributed by atoms with Crippen molar-refractivity contribution >= 4 is 11.8 Å². The normalized spacial score (nSPS) is 17.2. The molecule has 2 rings (SSSR count). The van der Waals surface area contributed by atoms with Gasteiger partial charge in [0.15, 0.2) is 6.29 Å². The molecule has 0 N–H and O–H groups in total. The van der Waals surface area contributed by atoms with Crippen molar-refractivity contribution in [1.82, 2.24) is 0 Å². The van der Waals surface area contributed by atoms with E-state index in [1.165, 1.54) is 11.1 Å². The summed E-state index contributed by atoms with van der Waals surface area (Å²) in [6.07, 6.45) is 2.07. The number of aryl methyl sites for hydroxylation is 1. The number of hydrogen-bond donors (Lipinski definition) is 0. The van der Waals surface area contributed by atoms with Crippen molar-refractivity contribution in [2.24, 2.45) is 0 Å². The van der Waals surface area contributed by atoms with Crippen LogP contribution < -0.4 is 0 Å². The second kappa shape index (κ2) is 7.04. The molecule has 0 amide bonds. The highest BCUT2D eigenvalue weighted by Crippen LogP contribution is 2.18. The van der Waals surface area contributed by atoms with E-state index in [-0.39, 0.29) is 6.29 Å². The van der Waals surface area contributed by atoms with E-state index in [9.17, 15) is 0 Å². The van der Waals surface area contributed by atoms with Crippen LogP contribution >= 0.6 is 11.8 Å². The van der Waals surface area contributed by atoms with Crippen molar-refractivity contribution in [3.05, 3.63) is 35.4 Å². The Bertz CT molecular complexity index is 335. The van der Waals surface area contributed by atoms with Gasteiger partial charge in [-0.25, -0.2) is 0 Å². The van der Waals surface area contributed by atoms with Crippen LogP contribution in [0.25, 0.3) is 0 Å². The highest BCUT2D eigenvalue weighted by Gasteiger charge is 2.13. The van der Waals surface area contributed by atoms with Gasteiger partial charge in [0.2, 0.25) is 0 Å². The van der Waals surface area contributed by atoms with E-state index in [0.29, 0.717) is 0 Å². The number of thioether (sulfide) groups is 1. The molecule has 1 fully saturated rings. The molecule has 3 heteroatoms. The summed E-state index contributed by atoms with van der Waals surface area (Å²) >= 11 is 1.95. The van der Waals surface area contributed by atoms with E-state index in [4.69, 9.17) is 9.47 Å². The van der Waals surface area contributed by atoms with Crippen molar-refractivity contribution in [2.45, 2.75) is 31.8 Å². The van der Waals surface area contributed by atoms with Gasteiger partial charge in [-0.15, -0.1) is 0 Å². The number of hydrogen-bond acceptors (Lipinski definition) is 3. The number of rotatable bonds is 5. The van der Waals surface area contributed by atoms with Crippen LogP contribution in [0.5, 0.6) is 0 Å². The second-order valence-corrected chi connectivity index (χ2v) is 5.40. The summed E-state index contributed by atoms with van der Waals surface area (Å²) in [5, 5.41) is 0. The van der Waals surface area contributed by atoms with Gasteiger partial charge in [0.05, 0.1) is 13.2 Å². The molecule has 1 heterocycles. The maximum atomic E-state index is 5.52. The molecule has 0 aromatic heterocycles. The standard InChI is InChI=1S/C14H20O2S/c1-12-5-2-3-6-13(12)11-17-10-7-14-15-8-4-9-16-14/h2-3,5-6,14H,4,7-11H2,1H3. The topological polar surface area (TPSA) is 18.5 Å². The lowest BCUT2D eigenvalue weighted by atomic mass is 10.1. The summed E-state index contributed by atoms with van der Waals surface area (Å²) in [5.41, 5.74) is 2.81. The first-order valence-corrected chi connectivity index (χ1v) is 7.37. The Morgan fingerprint density at radius 1 is 1.24 bits per heavy atom. The van der Waals surface area contributed by atoms with Crippen LogP contribution in [0.1, 0.15) is 24.0 Å². The van der Waals surface area contributed by atoms with Crippen LogP contribution in [0.15, 0.2) is 24.3 Å². The molecule has 1 saturated heterocycles. The molecule has 1 aliphatic heterocycles. The molecule has 0 spiro atoms. The van der Waals surface area contributed by atoms with Gasteiger partial charge in [0.25, 0.3) is 0 Å². The van der Waals surface area contributed by atoms with Crippen molar-refractivity contribution < 1.29 is 9.47 Å². The van der Waals surface area contributed by atoms with E-state index in [2.05, 4.69) is 31.2 Å². The van der Waals surface area contributed by atoms with E-state index in [1.807, 2.05) is 11.8 Å². The van der Waals surface area contributed by atoms with Crippen molar-refractivity contribution in [3.8, 4) is 0 Å². The molecule has 1 aromatic rings. The van der Waals surface area contributed by atoms with Gasteiger partial charge in [-0.1, -0.05) is 24.3 Å². The lowest BCUT2D eigenvalue weighted by Crippen LogP contribution is -2.25. The fourth-order valence-corrected chi connectivity index (χ4v) is 2.88. The fourth-order valence-electron chi connectivity index (χ4n) is 1.84. The maximum Gasteiger partial charge on any atom is 0.158 e. The highest BCUT2D eigenvalue weighted by molar-refractivity contribution is 7.98. The Morgan fingerprint density at radius 2 is 2.00 bits per heavy atom. The van der Waals surface area contributed by atoms with Gasteiger partial charge in [-0.3, -0.25) is 0 Å². The molecule has 0 radical (unpaired) electrons. The van der Waals surface area contributed by atoms with Crippen LogP contribution in [-0.4, -0.2) is 25.3 Å². The average Bonchev–Trinajstić information content (AvgIpc) is 2.38. The van der Waals surface area contributed by atoms with Gasteiger partial charge in [-0.05, 0) is 30.2 Å². The number of ether oxygens (including phenoxy) is 2. The third-order valence-corrected chi connectivity index (χ3v) is 3.95. The molecular weight excluding hydrogens is 232 g/mol. The zero-order chi connectivity index (χ0) is 11.9. The highest BCUT2D eigenvalue weighted by atomic mass is 32.2. The van der Waals surface area contributed by atoms with Crippen LogP contribution in [0.3, 0.4) is 0 Å². The van der Waals surface area contributed by atoms with Crippen LogP contribution in [0.2, 0.25) is 0 Å². The van der Waals surface area contributed by atoms with Crippen molar-refractivity contribution in [2.75, 3.05) is 19.0 Å². The summed E-state index contributed by atoms with van der Waals surface area (Å²) < 4.78 is 11.0. The maximum absolute atomic E-state index is 5.52. The monoisotopic (exact) mass is 252 g/mol. The smallest absolute Gasteiger partial charge is 0.158 e. The Balaban J connectivity index is 1.64. The molecule has 0 unspecified atom stereocenters. The molecule has 1 aliphatic rings.